The summed E-state index contributed by atoms with van der Waals surface area (Å²) in [7, 11) is -4.08. The van der Waals surface area contributed by atoms with Crippen molar-refractivity contribution in [3.63, 3.8) is 0 Å². The molecule has 1 aromatic carbocycles. The Balaban J connectivity index is 3.32. The zero-order chi connectivity index (χ0) is 15.5. The quantitative estimate of drug-likeness (QED) is 0.848. The van der Waals surface area contributed by atoms with Crippen molar-refractivity contribution in [1.29, 1.82) is 0 Å². The molecule has 0 spiro atoms. The summed E-state index contributed by atoms with van der Waals surface area (Å²) in [5.41, 5.74) is -0.436. The molecule has 0 aliphatic heterocycles. The maximum absolute atomic E-state index is 12.1. The summed E-state index contributed by atoms with van der Waals surface area (Å²) in [6, 6.07) is 2.06. The highest BCUT2D eigenvalue weighted by Gasteiger charge is 2.26. The van der Waals surface area contributed by atoms with E-state index in [1.54, 1.807) is 6.92 Å². The monoisotopic (exact) mass is 339 g/mol. The highest BCUT2D eigenvalue weighted by molar-refractivity contribution is 7.92. The average Bonchev–Trinajstić information content (AvgIpc) is 2.30. The Morgan fingerprint density at radius 3 is 2.40 bits per heavy atom. The molecule has 0 bridgehead atoms. The third-order valence-electron chi connectivity index (χ3n) is 2.26. The van der Waals surface area contributed by atoms with Crippen molar-refractivity contribution < 1.29 is 23.1 Å². The fraction of sp³-hybridized carbons (Fsp3) is 0.273. The van der Waals surface area contributed by atoms with E-state index in [2.05, 4.69) is 5.32 Å². The number of carboxylic acid groups (broad SMARTS) is 1. The molecular formula is C11H11Cl2NO5S. The highest BCUT2D eigenvalue weighted by atomic mass is 35.5. The van der Waals surface area contributed by atoms with Gasteiger partial charge in [-0.15, -0.1) is 0 Å². The van der Waals surface area contributed by atoms with Crippen molar-refractivity contribution in [2.45, 2.75) is 11.8 Å². The van der Waals surface area contributed by atoms with Crippen LogP contribution in [0, 0.1) is 0 Å². The van der Waals surface area contributed by atoms with Crippen molar-refractivity contribution in [3.8, 4) is 0 Å². The van der Waals surface area contributed by atoms with E-state index in [0.29, 0.717) is 0 Å². The SMILES string of the molecule is CCNC(=O)CS(=O)(=O)c1cc(Cl)cc(C(=O)O)c1Cl. The zero-order valence-electron chi connectivity index (χ0n) is 10.3. The number of hydrogen-bond acceptors (Lipinski definition) is 4. The predicted molar refractivity (Wildman–Crippen MR) is 74.2 cm³/mol. The van der Waals surface area contributed by atoms with Crippen molar-refractivity contribution in [3.05, 3.63) is 27.7 Å². The summed E-state index contributed by atoms with van der Waals surface area (Å²) in [5, 5.41) is 10.7. The van der Waals surface area contributed by atoms with Crippen LogP contribution in [0.5, 0.6) is 0 Å². The van der Waals surface area contributed by atoms with Gasteiger partial charge in [-0.05, 0) is 19.1 Å². The van der Waals surface area contributed by atoms with E-state index in [1.165, 1.54) is 0 Å². The molecule has 1 rings (SSSR count). The molecule has 0 saturated heterocycles. The minimum atomic E-state index is -4.08. The molecule has 9 heteroatoms. The lowest BCUT2D eigenvalue weighted by atomic mass is 10.2. The summed E-state index contributed by atoms with van der Waals surface area (Å²) in [6.45, 7) is 1.91. The van der Waals surface area contributed by atoms with Crippen molar-refractivity contribution in [2.24, 2.45) is 0 Å². The minimum Gasteiger partial charge on any atom is -0.478 e. The van der Waals surface area contributed by atoms with Gasteiger partial charge >= 0.3 is 5.97 Å². The molecule has 0 aromatic heterocycles. The Bertz CT molecular complexity index is 657. The smallest absolute Gasteiger partial charge is 0.337 e. The van der Waals surface area contributed by atoms with Crippen LogP contribution < -0.4 is 5.32 Å². The molecule has 0 atom stereocenters. The molecule has 20 heavy (non-hydrogen) atoms. The van der Waals surface area contributed by atoms with Crippen molar-refractivity contribution in [1.82, 2.24) is 5.32 Å². The first-order valence-corrected chi connectivity index (χ1v) is 7.81. The number of hydrogen-bond donors (Lipinski definition) is 2. The predicted octanol–water partition coefficient (Wildman–Crippen LogP) is 1.60. The average molecular weight is 340 g/mol. The molecule has 6 nitrogen and oxygen atoms in total. The largest absolute Gasteiger partial charge is 0.478 e. The highest BCUT2D eigenvalue weighted by Crippen LogP contribution is 2.30. The molecule has 1 amide bonds. The summed E-state index contributed by atoms with van der Waals surface area (Å²) in [5.74, 6) is -2.95. The van der Waals surface area contributed by atoms with E-state index >= 15 is 0 Å². The van der Waals surface area contributed by atoms with E-state index in [0.717, 1.165) is 12.1 Å². The van der Waals surface area contributed by atoms with Gasteiger partial charge in [-0.3, -0.25) is 4.79 Å². The van der Waals surface area contributed by atoms with Crippen LogP contribution in [0.15, 0.2) is 17.0 Å². The van der Waals surface area contributed by atoms with Crippen LogP contribution in [-0.4, -0.2) is 37.7 Å². The maximum atomic E-state index is 12.1. The van der Waals surface area contributed by atoms with Crippen LogP contribution in [0.3, 0.4) is 0 Å². The van der Waals surface area contributed by atoms with Crippen LogP contribution >= 0.6 is 23.2 Å². The fourth-order valence-corrected chi connectivity index (χ4v) is 3.56. The third-order valence-corrected chi connectivity index (χ3v) is 4.64. The van der Waals surface area contributed by atoms with Gasteiger partial charge in [-0.25, -0.2) is 13.2 Å². The molecule has 0 fully saturated rings. The number of halogens is 2. The van der Waals surface area contributed by atoms with Gasteiger partial charge < -0.3 is 10.4 Å². The van der Waals surface area contributed by atoms with Gasteiger partial charge in [0.05, 0.1) is 15.5 Å². The Labute approximate surface area is 125 Å². The topological polar surface area (TPSA) is 101 Å². The number of carbonyl (C=O) groups is 2. The van der Waals surface area contributed by atoms with Gasteiger partial charge in [0.15, 0.2) is 9.84 Å². The second-order valence-electron chi connectivity index (χ2n) is 3.78. The fourth-order valence-electron chi connectivity index (χ4n) is 1.44. The third kappa shape index (κ3) is 3.84. The number of rotatable bonds is 5. The lowest BCUT2D eigenvalue weighted by molar-refractivity contribution is -0.118. The van der Waals surface area contributed by atoms with Gasteiger partial charge in [0, 0.05) is 11.6 Å². The van der Waals surface area contributed by atoms with E-state index in [1.807, 2.05) is 0 Å². The summed E-state index contributed by atoms with van der Waals surface area (Å²) in [6.07, 6.45) is 0. The van der Waals surface area contributed by atoms with E-state index < -0.39 is 42.9 Å². The molecule has 2 N–H and O–H groups in total. The van der Waals surface area contributed by atoms with E-state index in [9.17, 15) is 18.0 Å². The molecule has 110 valence electrons. The van der Waals surface area contributed by atoms with Gasteiger partial charge in [0.2, 0.25) is 5.91 Å². The summed E-state index contributed by atoms with van der Waals surface area (Å²) < 4.78 is 24.1. The molecule has 0 aliphatic rings. The first kappa shape index (κ1) is 16.7. The number of benzene rings is 1. The summed E-state index contributed by atoms with van der Waals surface area (Å²) >= 11 is 11.5. The first-order valence-electron chi connectivity index (χ1n) is 5.40. The lowest BCUT2D eigenvalue weighted by Crippen LogP contribution is -2.30. The van der Waals surface area contributed by atoms with Gasteiger partial charge in [-0.2, -0.15) is 0 Å². The lowest BCUT2D eigenvalue weighted by Gasteiger charge is -2.09. The number of nitrogens with one attached hydrogen (secondary N) is 1. The molecule has 0 aliphatic carbocycles. The standard InChI is InChI=1S/C11H11Cl2NO5S/c1-2-14-9(15)5-20(18,19)8-4-6(12)3-7(10(8)13)11(16)17/h3-4H,2,5H2,1H3,(H,14,15)(H,16,17). The molecule has 1 aromatic rings. The van der Waals surface area contributed by atoms with Gasteiger partial charge in [-0.1, -0.05) is 23.2 Å². The Morgan fingerprint density at radius 2 is 1.90 bits per heavy atom. The van der Waals surface area contributed by atoms with E-state index in [-0.39, 0.29) is 11.6 Å². The second-order valence-corrected chi connectivity index (χ2v) is 6.56. The maximum Gasteiger partial charge on any atom is 0.337 e. The molecule has 0 radical (unpaired) electrons. The first-order chi connectivity index (χ1) is 9.19. The molecule has 0 unspecified atom stereocenters. The minimum absolute atomic E-state index is 0.0960. The van der Waals surface area contributed by atoms with Crippen molar-refractivity contribution >= 4 is 44.9 Å². The van der Waals surface area contributed by atoms with Crippen LogP contribution in [0.25, 0.3) is 0 Å². The number of carboxylic acids is 1. The Hall–Kier alpha value is -1.31. The van der Waals surface area contributed by atoms with Crippen LogP contribution in [-0.2, 0) is 14.6 Å². The van der Waals surface area contributed by atoms with Crippen LogP contribution in [0.1, 0.15) is 17.3 Å². The van der Waals surface area contributed by atoms with Crippen LogP contribution in [0.2, 0.25) is 10.0 Å². The molecular weight excluding hydrogens is 329 g/mol. The molecule has 0 saturated carbocycles. The Morgan fingerprint density at radius 1 is 1.30 bits per heavy atom. The van der Waals surface area contributed by atoms with Crippen LogP contribution in [0.4, 0.5) is 0 Å². The van der Waals surface area contributed by atoms with Gasteiger partial charge in [0.25, 0.3) is 0 Å². The Kier molecular flexibility index (Phi) is 5.38. The second kappa shape index (κ2) is 6.43. The van der Waals surface area contributed by atoms with Gasteiger partial charge in [0.1, 0.15) is 5.75 Å². The zero-order valence-corrected chi connectivity index (χ0v) is 12.6. The number of carbonyl (C=O) groups excluding carboxylic acids is 1. The number of amides is 1. The number of aromatic carboxylic acids is 1. The normalized spacial score (nSPS) is 11.2. The summed E-state index contributed by atoms with van der Waals surface area (Å²) in [4.78, 5) is 21.8. The number of sulfone groups is 1. The van der Waals surface area contributed by atoms with Crippen molar-refractivity contribution in [2.75, 3.05) is 12.3 Å². The van der Waals surface area contributed by atoms with E-state index in [4.69, 9.17) is 28.3 Å². The molecule has 0 heterocycles.